The predicted molar refractivity (Wildman–Crippen MR) is 87.9 cm³/mol. The lowest BCUT2D eigenvalue weighted by Gasteiger charge is -2.35. The SMILES string of the molecule is CO[C@@H]1[C@@H]2OC3(CCCCC3)O[C@H]2O[C@@H]1[C@@H]1COC2(CCCCC2)O1. The van der Waals surface area contributed by atoms with E-state index in [-0.39, 0.29) is 30.7 Å². The van der Waals surface area contributed by atoms with Gasteiger partial charge in [-0.2, -0.15) is 0 Å². The van der Waals surface area contributed by atoms with Crippen molar-refractivity contribution in [2.45, 2.75) is 106 Å². The number of hydrogen-bond donors (Lipinski definition) is 0. The van der Waals surface area contributed by atoms with Crippen LogP contribution in [0.15, 0.2) is 0 Å². The van der Waals surface area contributed by atoms with Crippen molar-refractivity contribution in [2.24, 2.45) is 0 Å². The van der Waals surface area contributed by atoms with Gasteiger partial charge in [-0.05, 0) is 25.7 Å². The third kappa shape index (κ3) is 2.86. The van der Waals surface area contributed by atoms with Crippen molar-refractivity contribution in [1.29, 1.82) is 0 Å². The largest absolute Gasteiger partial charge is 0.376 e. The van der Waals surface area contributed by atoms with Crippen LogP contribution in [0.2, 0.25) is 0 Å². The van der Waals surface area contributed by atoms with Crippen LogP contribution in [0.4, 0.5) is 0 Å². The minimum absolute atomic E-state index is 0.108. The third-order valence-electron chi connectivity index (χ3n) is 6.64. The molecule has 25 heavy (non-hydrogen) atoms. The summed E-state index contributed by atoms with van der Waals surface area (Å²) in [4.78, 5) is 0. The summed E-state index contributed by atoms with van der Waals surface area (Å²) in [5.41, 5.74) is 0. The van der Waals surface area contributed by atoms with E-state index in [1.54, 1.807) is 7.11 Å². The number of hydrogen-bond acceptors (Lipinski definition) is 6. The molecule has 5 aliphatic rings. The molecule has 0 bridgehead atoms. The van der Waals surface area contributed by atoms with Crippen molar-refractivity contribution in [3.05, 3.63) is 0 Å². The molecular formula is C19H30O6. The normalized spacial score (nSPS) is 45.2. The Labute approximate surface area is 149 Å². The summed E-state index contributed by atoms with van der Waals surface area (Å²) in [7, 11) is 1.73. The molecule has 0 aromatic rings. The molecule has 3 aliphatic heterocycles. The monoisotopic (exact) mass is 354 g/mol. The Hall–Kier alpha value is -0.240. The second-order valence-electron chi connectivity index (χ2n) is 8.28. The molecule has 6 heteroatoms. The topological polar surface area (TPSA) is 55.4 Å². The van der Waals surface area contributed by atoms with Gasteiger partial charge in [-0.25, -0.2) is 0 Å². The first-order valence-corrected chi connectivity index (χ1v) is 10.1. The van der Waals surface area contributed by atoms with Crippen LogP contribution >= 0.6 is 0 Å². The summed E-state index contributed by atoms with van der Waals surface area (Å²) < 4.78 is 37.1. The van der Waals surface area contributed by atoms with Gasteiger partial charge in [-0.3, -0.25) is 0 Å². The van der Waals surface area contributed by atoms with Crippen LogP contribution in [0.1, 0.15) is 64.2 Å². The fourth-order valence-corrected chi connectivity index (χ4v) is 5.34. The summed E-state index contributed by atoms with van der Waals surface area (Å²) in [5, 5.41) is 0. The highest BCUT2D eigenvalue weighted by atomic mass is 16.8. The first kappa shape index (κ1) is 16.9. The van der Waals surface area contributed by atoms with Crippen molar-refractivity contribution in [3.8, 4) is 0 Å². The number of ether oxygens (including phenoxy) is 6. The van der Waals surface area contributed by atoms with Crippen molar-refractivity contribution < 1.29 is 28.4 Å². The highest BCUT2D eigenvalue weighted by Gasteiger charge is 2.61. The van der Waals surface area contributed by atoms with Gasteiger partial charge in [0, 0.05) is 32.8 Å². The highest BCUT2D eigenvalue weighted by molar-refractivity contribution is 5.01. The van der Waals surface area contributed by atoms with Crippen molar-refractivity contribution in [2.75, 3.05) is 13.7 Å². The van der Waals surface area contributed by atoms with Crippen LogP contribution in [-0.4, -0.2) is 56.0 Å². The highest BCUT2D eigenvalue weighted by Crippen LogP contribution is 2.48. The molecule has 3 heterocycles. The molecule has 0 amide bonds. The molecule has 5 rings (SSSR count). The molecule has 2 saturated carbocycles. The second kappa shape index (κ2) is 6.43. The molecule has 2 spiro atoms. The minimum Gasteiger partial charge on any atom is -0.376 e. The fraction of sp³-hybridized carbons (Fsp3) is 1.00. The van der Waals surface area contributed by atoms with E-state index in [9.17, 15) is 0 Å². The van der Waals surface area contributed by atoms with E-state index in [0.29, 0.717) is 6.61 Å². The Morgan fingerprint density at radius 1 is 0.760 bits per heavy atom. The number of fused-ring (bicyclic) bond motifs is 1. The molecule has 5 fully saturated rings. The summed E-state index contributed by atoms with van der Waals surface area (Å²) in [6, 6.07) is 0. The molecular weight excluding hydrogens is 324 g/mol. The number of methoxy groups -OCH3 is 1. The zero-order valence-electron chi connectivity index (χ0n) is 15.1. The van der Waals surface area contributed by atoms with E-state index in [1.807, 2.05) is 0 Å². The Bertz CT molecular complexity index is 484. The molecule has 2 aliphatic carbocycles. The summed E-state index contributed by atoms with van der Waals surface area (Å²) in [6.45, 7) is 0.565. The van der Waals surface area contributed by atoms with Crippen LogP contribution < -0.4 is 0 Å². The Morgan fingerprint density at radius 2 is 1.44 bits per heavy atom. The molecule has 0 aromatic heterocycles. The Morgan fingerprint density at radius 3 is 2.12 bits per heavy atom. The Kier molecular flexibility index (Phi) is 4.34. The van der Waals surface area contributed by atoms with Gasteiger partial charge >= 0.3 is 0 Å². The lowest BCUT2D eigenvalue weighted by molar-refractivity contribution is -0.261. The van der Waals surface area contributed by atoms with Gasteiger partial charge < -0.3 is 28.4 Å². The molecule has 0 radical (unpaired) electrons. The number of rotatable bonds is 2. The summed E-state index contributed by atoms with van der Waals surface area (Å²) in [5.74, 6) is -0.846. The predicted octanol–water partition coefficient (Wildman–Crippen LogP) is 2.88. The van der Waals surface area contributed by atoms with E-state index < -0.39 is 11.6 Å². The second-order valence-corrected chi connectivity index (χ2v) is 8.28. The van der Waals surface area contributed by atoms with E-state index in [2.05, 4.69) is 0 Å². The van der Waals surface area contributed by atoms with Gasteiger partial charge in [0.2, 0.25) is 0 Å². The molecule has 0 aromatic carbocycles. The zero-order chi connectivity index (χ0) is 16.9. The lowest BCUT2D eigenvalue weighted by atomic mass is 9.94. The first-order valence-electron chi connectivity index (χ1n) is 10.1. The van der Waals surface area contributed by atoms with Crippen LogP contribution in [0, 0.1) is 0 Å². The summed E-state index contributed by atoms with van der Waals surface area (Å²) in [6.07, 6.45) is 10.1. The maximum atomic E-state index is 6.38. The van der Waals surface area contributed by atoms with Gasteiger partial charge in [0.25, 0.3) is 0 Å². The molecule has 6 nitrogen and oxygen atoms in total. The maximum Gasteiger partial charge on any atom is 0.190 e. The maximum absolute atomic E-state index is 6.38. The molecule has 0 unspecified atom stereocenters. The van der Waals surface area contributed by atoms with E-state index in [0.717, 1.165) is 38.5 Å². The van der Waals surface area contributed by atoms with Crippen LogP contribution in [0.25, 0.3) is 0 Å². The van der Waals surface area contributed by atoms with Gasteiger partial charge in [0.05, 0.1) is 6.61 Å². The average molecular weight is 354 g/mol. The van der Waals surface area contributed by atoms with E-state index in [1.165, 1.54) is 25.7 Å². The molecule has 5 atom stereocenters. The minimum atomic E-state index is -0.451. The standard InChI is InChI=1S/C19H30O6/c1-20-15-14(13-12-21-18(23-13)8-4-2-5-9-18)22-17-16(15)24-19(25-17)10-6-3-7-11-19/h13-17H,2-12H2,1H3/t13-,14+,15-,16-,17+/m0/s1. The van der Waals surface area contributed by atoms with Crippen molar-refractivity contribution in [3.63, 3.8) is 0 Å². The molecule has 3 saturated heterocycles. The fourth-order valence-electron chi connectivity index (χ4n) is 5.34. The molecule has 142 valence electrons. The first-order chi connectivity index (χ1) is 12.2. The Balaban J connectivity index is 1.27. The van der Waals surface area contributed by atoms with Crippen LogP contribution in [0.3, 0.4) is 0 Å². The van der Waals surface area contributed by atoms with Gasteiger partial charge in [0.15, 0.2) is 17.9 Å². The lowest BCUT2D eigenvalue weighted by Crippen LogP contribution is -2.45. The van der Waals surface area contributed by atoms with Gasteiger partial charge in [0.1, 0.15) is 24.4 Å². The smallest absolute Gasteiger partial charge is 0.190 e. The molecule has 0 N–H and O–H groups in total. The zero-order valence-corrected chi connectivity index (χ0v) is 15.1. The van der Waals surface area contributed by atoms with Crippen LogP contribution in [0.5, 0.6) is 0 Å². The third-order valence-corrected chi connectivity index (χ3v) is 6.64. The van der Waals surface area contributed by atoms with Crippen LogP contribution in [-0.2, 0) is 28.4 Å². The van der Waals surface area contributed by atoms with Gasteiger partial charge in [-0.15, -0.1) is 0 Å². The van der Waals surface area contributed by atoms with Crippen molar-refractivity contribution in [1.82, 2.24) is 0 Å². The van der Waals surface area contributed by atoms with Gasteiger partial charge in [-0.1, -0.05) is 12.8 Å². The van der Waals surface area contributed by atoms with Crippen molar-refractivity contribution >= 4 is 0 Å². The average Bonchev–Trinajstić information content (AvgIpc) is 3.27. The quantitative estimate of drug-likeness (QED) is 0.760. The van der Waals surface area contributed by atoms with E-state index >= 15 is 0 Å². The van der Waals surface area contributed by atoms with E-state index in [4.69, 9.17) is 28.4 Å². The summed E-state index contributed by atoms with van der Waals surface area (Å²) >= 11 is 0.